The highest BCUT2D eigenvalue weighted by Crippen LogP contribution is 2.23. The quantitative estimate of drug-likeness (QED) is 0.938. The van der Waals surface area contributed by atoms with E-state index in [4.69, 9.17) is 4.74 Å². The molecule has 3 nitrogen and oxygen atoms in total. The van der Waals surface area contributed by atoms with Crippen LogP contribution in [0.4, 0.5) is 0 Å². The van der Waals surface area contributed by atoms with Gasteiger partial charge in [-0.3, -0.25) is 0 Å². The summed E-state index contributed by atoms with van der Waals surface area (Å²) in [7, 11) is 0. The maximum Gasteiger partial charge on any atom is 0.219 e. The van der Waals surface area contributed by atoms with E-state index in [0.29, 0.717) is 11.6 Å². The van der Waals surface area contributed by atoms with Gasteiger partial charge in [0, 0.05) is 16.7 Å². The van der Waals surface area contributed by atoms with Crippen molar-refractivity contribution in [3.05, 3.63) is 52.6 Å². The molecule has 0 fully saturated rings. The molecule has 0 aliphatic rings. The topological polar surface area (TPSA) is 42.4 Å². The number of nitrogens with zero attached hydrogens (tertiary/aromatic N) is 1. The Morgan fingerprint density at radius 2 is 1.94 bits per heavy atom. The van der Waals surface area contributed by atoms with Crippen LogP contribution in [0.3, 0.4) is 0 Å². The van der Waals surface area contributed by atoms with Crippen molar-refractivity contribution in [2.45, 2.75) is 13.0 Å². The zero-order valence-electron chi connectivity index (χ0n) is 9.30. The van der Waals surface area contributed by atoms with Crippen LogP contribution in [0.1, 0.15) is 18.6 Å². The number of benzene rings is 1. The highest BCUT2D eigenvalue weighted by atomic mass is 79.9. The van der Waals surface area contributed by atoms with E-state index in [0.717, 1.165) is 10.0 Å². The van der Waals surface area contributed by atoms with Gasteiger partial charge in [-0.25, -0.2) is 4.98 Å². The van der Waals surface area contributed by atoms with Gasteiger partial charge in [-0.15, -0.1) is 0 Å². The molecule has 0 spiro atoms. The fraction of sp³-hybridized carbons (Fsp3) is 0.154. The van der Waals surface area contributed by atoms with Gasteiger partial charge in [0.2, 0.25) is 5.88 Å². The predicted molar refractivity (Wildman–Crippen MR) is 69.1 cm³/mol. The zero-order chi connectivity index (χ0) is 12.3. The first-order valence-electron chi connectivity index (χ1n) is 5.22. The molecular weight excluding hydrogens is 282 g/mol. The summed E-state index contributed by atoms with van der Waals surface area (Å²) in [6.07, 6.45) is 1.10. The van der Waals surface area contributed by atoms with Gasteiger partial charge in [0.25, 0.3) is 0 Å². The molecule has 1 aromatic heterocycles. The third-order valence-electron chi connectivity index (χ3n) is 2.28. The summed E-state index contributed by atoms with van der Waals surface area (Å²) in [6, 6.07) is 11.0. The Morgan fingerprint density at radius 1 is 1.24 bits per heavy atom. The van der Waals surface area contributed by atoms with Crippen molar-refractivity contribution >= 4 is 15.9 Å². The zero-order valence-corrected chi connectivity index (χ0v) is 10.9. The molecular formula is C13H12BrNO2. The molecule has 0 saturated carbocycles. The summed E-state index contributed by atoms with van der Waals surface area (Å²) < 4.78 is 6.58. The minimum Gasteiger partial charge on any atom is -0.439 e. The van der Waals surface area contributed by atoms with Gasteiger partial charge in [-0.05, 0) is 42.8 Å². The number of aromatic nitrogens is 1. The van der Waals surface area contributed by atoms with E-state index < -0.39 is 6.10 Å². The van der Waals surface area contributed by atoms with Crippen LogP contribution in [0.25, 0.3) is 0 Å². The summed E-state index contributed by atoms with van der Waals surface area (Å²) in [5, 5.41) is 9.46. The lowest BCUT2D eigenvalue weighted by atomic mass is 10.2. The lowest BCUT2D eigenvalue weighted by Gasteiger charge is -2.08. The predicted octanol–water partition coefficient (Wildman–Crippen LogP) is 3.69. The molecule has 1 atom stereocenters. The maximum atomic E-state index is 9.46. The number of hydrogen-bond acceptors (Lipinski definition) is 3. The fourth-order valence-electron chi connectivity index (χ4n) is 1.36. The SMILES string of the molecule is CC(O)c1ccnc(Oc2ccc(Br)cc2)c1. The van der Waals surface area contributed by atoms with E-state index in [-0.39, 0.29) is 0 Å². The van der Waals surface area contributed by atoms with Gasteiger partial charge in [-0.2, -0.15) is 0 Å². The minimum atomic E-state index is -0.523. The molecule has 0 amide bonds. The number of hydrogen-bond donors (Lipinski definition) is 1. The number of rotatable bonds is 3. The van der Waals surface area contributed by atoms with Crippen LogP contribution in [0.15, 0.2) is 47.1 Å². The molecule has 0 radical (unpaired) electrons. The van der Waals surface area contributed by atoms with Gasteiger partial charge in [0.15, 0.2) is 0 Å². The van der Waals surface area contributed by atoms with E-state index in [9.17, 15) is 5.11 Å². The Bertz CT molecular complexity index is 497. The second kappa shape index (κ2) is 5.29. The molecule has 1 N–H and O–H groups in total. The highest BCUT2D eigenvalue weighted by molar-refractivity contribution is 9.10. The van der Waals surface area contributed by atoms with Crippen LogP contribution in [-0.4, -0.2) is 10.1 Å². The molecule has 2 aromatic rings. The average molecular weight is 294 g/mol. The molecule has 1 unspecified atom stereocenters. The van der Waals surface area contributed by atoms with Gasteiger partial charge < -0.3 is 9.84 Å². The van der Waals surface area contributed by atoms with Crippen molar-refractivity contribution in [3.8, 4) is 11.6 Å². The van der Waals surface area contributed by atoms with Crippen molar-refractivity contribution in [1.82, 2.24) is 4.98 Å². The number of pyridine rings is 1. The molecule has 0 aliphatic carbocycles. The number of ether oxygens (including phenoxy) is 1. The number of aliphatic hydroxyl groups is 1. The largest absolute Gasteiger partial charge is 0.439 e. The first-order chi connectivity index (χ1) is 8.15. The van der Waals surface area contributed by atoms with E-state index in [1.54, 1.807) is 25.3 Å². The summed E-state index contributed by atoms with van der Waals surface area (Å²) in [5.74, 6) is 1.19. The Labute approximate surface area is 108 Å². The fourth-order valence-corrected chi connectivity index (χ4v) is 1.63. The highest BCUT2D eigenvalue weighted by Gasteiger charge is 2.04. The normalized spacial score (nSPS) is 12.2. The first kappa shape index (κ1) is 12.1. The third kappa shape index (κ3) is 3.28. The Hall–Kier alpha value is -1.39. The second-order valence-electron chi connectivity index (χ2n) is 3.66. The van der Waals surface area contributed by atoms with E-state index in [2.05, 4.69) is 20.9 Å². The molecule has 0 aliphatic heterocycles. The van der Waals surface area contributed by atoms with Crippen LogP contribution < -0.4 is 4.74 Å². The van der Waals surface area contributed by atoms with Gasteiger partial charge in [-0.1, -0.05) is 15.9 Å². The second-order valence-corrected chi connectivity index (χ2v) is 4.58. The summed E-state index contributed by atoms with van der Waals surface area (Å²) in [5.41, 5.74) is 0.784. The van der Waals surface area contributed by atoms with Crippen LogP contribution >= 0.6 is 15.9 Å². The lowest BCUT2D eigenvalue weighted by Crippen LogP contribution is -1.94. The molecule has 17 heavy (non-hydrogen) atoms. The van der Waals surface area contributed by atoms with Crippen molar-refractivity contribution in [2.75, 3.05) is 0 Å². The number of aliphatic hydroxyl groups excluding tert-OH is 1. The molecule has 0 bridgehead atoms. The summed E-state index contributed by atoms with van der Waals surface area (Å²) >= 11 is 3.36. The molecule has 1 heterocycles. The Balaban J connectivity index is 2.18. The molecule has 2 rings (SSSR count). The Morgan fingerprint density at radius 3 is 2.59 bits per heavy atom. The standard InChI is InChI=1S/C13H12BrNO2/c1-9(16)10-6-7-15-13(8-10)17-12-4-2-11(14)3-5-12/h2-9,16H,1H3. The summed E-state index contributed by atoms with van der Waals surface area (Å²) in [6.45, 7) is 1.71. The third-order valence-corrected chi connectivity index (χ3v) is 2.81. The summed E-state index contributed by atoms with van der Waals surface area (Å²) in [4.78, 5) is 4.09. The Kier molecular flexibility index (Phi) is 3.76. The lowest BCUT2D eigenvalue weighted by molar-refractivity contribution is 0.198. The molecule has 4 heteroatoms. The van der Waals surface area contributed by atoms with E-state index in [1.165, 1.54) is 0 Å². The van der Waals surface area contributed by atoms with Crippen molar-refractivity contribution in [1.29, 1.82) is 0 Å². The minimum absolute atomic E-state index is 0.478. The maximum absolute atomic E-state index is 9.46. The van der Waals surface area contributed by atoms with Crippen LogP contribution in [0, 0.1) is 0 Å². The van der Waals surface area contributed by atoms with Gasteiger partial charge in [0.1, 0.15) is 5.75 Å². The van der Waals surface area contributed by atoms with Crippen LogP contribution in [0.5, 0.6) is 11.6 Å². The van der Waals surface area contributed by atoms with Crippen molar-refractivity contribution in [3.63, 3.8) is 0 Å². The molecule has 88 valence electrons. The van der Waals surface area contributed by atoms with E-state index >= 15 is 0 Å². The number of halogens is 1. The van der Waals surface area contributed by atoms with Gasteiger partial charge in [0.05, 0.1) is 6.10 Å². The monoisotopic (exact) mass is 293 g/mol. The molecule has 0 saturated heterocycles. The molecule has 1 aromatic carbocycles. The van der Waals surface area contributed by atoms with Crippen molar-refractivity contribution < 1.29 is 9.84 Å². The van der Waals surface area contributed by atoms with Crippen LogP contribution in [0.2, 0.25) is 0 Å². The van der Waals surface area contributed by atoms with Crippen molar-refractivity contribution in [2.24, 2.45) is 0 Å². The van der Waals surface area contributed by atoms with E-state index in [1.807, 2.05) is 24.3 Å². The average Bonchev–Trinajstić information content (AvgIpc) is 2.32. The van der Waals surface area contributed by atoms with Crippen LogP contribution in [-0.2, 0) is 0 Å². The smallest absolute Gasteiger partial charge is 0.219 e. The first-order valence-corrected chi connectivity index (χ1v) is 6.02. The van der Waals surface area contributed by atoms with Gasteiger partial charge >= 0.3 is 0 Å².